The molecule has 166 valence electrons. The van der Waals surface area contributed by atoms with Crippen LogP contribution in [0.1, 0.15) is 31.9 Å². The number of anilines is 2. The van der Waals surface area contributed by atoms with Crippen molar-refractivity contribution in [1.82, 2.24) is 5.32 Å². The molecule has 2 aliphatic heterocycles. The number of hydrogen-bond donors (Lipinski definition) is 1. The van der Waals surface area contributed by atoms with Crippen molar-refractivity contribution in [2.75, 3.05) is 29.9 Å². The largest absolute Gasteiger partial charge is 0.444 e. The molecule has 7 nitrogen and oxygen atoms in total. The first kappa shape index (κ1) is 22.1. The fourth-order valence-corrected chi connectivity index (χ4v) is 4.32. The van der Waals surface area contributed by atoms with Crippen LogP contribution in [0.3, 0.4) is 0 Å². The molecule has 1 N–H and O–H groups in total. The van der Waals surface area contributed by atoms with Crippen LogP contribution in [0.4, 0.5) is 16.2 Å². The van der Waals surface area contributed by atoms with Crippen molar-refractivity contribution in [2.45, 2.75) is 26.4 Å². The second-order valence-corrected chi connectivity index (χ2v) is 9.59. The van der Waals surface area contributed by atoms with Crippen molar-refractivity contribution in [3.63, 3.8) is 0 Å². The van der Waals surface area contributed by atoms with Gasteiger partial charge in [0.05, 0.1) is 22.5 Å². The zero-order valence-electron chi connectivity index (χ0n) is 18.4. The zero-order chi connectivity index (χ0) is 23.2. The minimum absolute atomic E-state index is 0.216. The summed E-state index contributed by atoms with van der Waals surface area (Å²) in [5.74, 6) is -0.480. The van der Waals surface area contributed by atoms with Crippen LogP contribution in [-0.2, 0) is 14.3 Å². The first-order valence-electron chi connectivity index (χ1n) is 10.3. The molecule has 2 aliphatic rings. The van der Waals surface area contributed by atoms with E-state index in [1.165, 1.54) is 0 Å². The van der Waals surface area contributed by atoms with Crippen LogP contribution in [0, 0.1) is 0 Å². The maximum absolute atomic E-state index is 13.5. The number of amides is 3. The molecule has 0 radical (unpaired) electrons. The minimum Gasteiger partial charge on any atom is -0.444 e. The van der Waals surface area contributed by atoms with Crippen molar-refractivity contribution in [2.24, 2.45) is 0 Å². The molecule has 2 heterocycles. The lowest BCUT2D eigenvalue weighted by molar-refractivity contribution is -0.114. The van der Waals surface area contributed by atoms with E-state index in [0.29, 0.717) is 22.4 Å². The maximum Gasteiger partial charge on any atom is 0.407 e. The van der Waals surface area contributed by atoms with E-state index in [4.69, 9.17) is 4.74 Å². The van der Waals surface area contributed by atoms with E-state index in [-0.39, 0.29) is 24.9 Å². The molecular formula is C24H24BrN3O4. The van der Waals surface area contributed by atoms with Crippen molar-refractivity contribution >= 4 is 56.4 Å². The molecule has 0 fully saturated rings. The lowest BCUT2D eigenvalue weighted by Gasteiger charge is -2.21. The summed E-state index contributed by atoms with van der Waals surface area (Å²) in [4.78, 5) is 41.8. The Morgan fingerprint density at radius 2 is 1.69 bits per heavy atom. The van der Waals surface area contributed by atoms with E-state index in [2.05, 4.69) is 21.2 Å². The normalized spacial score (nSPS) is 17.5. The summed E-state index contributed by atoms with van der Waals surface area (Å²) < 4.78 is 6.09. The lowest BCUT2D eigenvalue weighted by atomic mass is 9.96. The average Bonchev–Trinajstić information content (AvgIpc) is 3.11. The smallest absolute Gasteiger partial charge is 0.407 e. The number of halogens is 1. The Bertz CT molecular complexity index is 1170. The van der Waals surface area contributed by atoms with E-state index in [1.807, 2.05) is 42.5 Å². The summed E-state index contributed by atoms with van der Waals surface area (Å²) >= 11 is 3.47. The molecular weight excluding hydrogens is 474 g/mol. The van der Waals surface area contributed by atoms with E-state index in [1.54, 1.807) is 37.6 Å². The molecule has 0 unspecified atom stereocenters. The third kappa shape index (κ3) is 3.90. The monoisotopic (exact) mass is 497 g/mol. The number of alkyl carbamates (subject to hydrolysis) is 1. The van der Waals surface area contributed by atoms with Crippen molar-refractivity contribution < 1.29 is 19.1 Å². The number of hydrogen-bond acceptors (Lipinski definition) is 4. The SMILES string of the molecule is CN1C(=O)/C(=C2/C(=O)N(CCNC(=O)OC(C)(C)C)c3ccccc32)c2cc(Br)ccc21. The fraction of sp³-hybridized carbons (Fsp3) is 0.292. The van der Waals surface area contributed by atoms with Crippen LogP contribution in [0.2, 0.25) is 0 Å². The topological polar surface area (TPSA) is 79.0 Å². The van der Waals surface area contributed by atoms with Crippen molar-refractivity contribution in [3.05, 3.63) is 58.1 Å². The third-order valence-corrected chi connectivity index (χ3v) is 5.78. The van der Waals surface area contributed by atoms with E-state index in [9.17, 15) is 14.4 Å². The van der Waals surface area contributed by atoms with Gasteiger partial charge >= 0.3 is 6.09 Å². The second-order valence-electron chi connectivity index (χ2n) is 8.68. The first-order valence-corrected chi connectivity index (χ1v) is 11.1. The van der Waals surface area contributed by atoms with Crippen molar-refractivity contribution in [3.8, 4) is 0 Å². The Morgan fingerprint density at radius 1 is 1.00 bits per heavy atom. The predicted octanol–water partition coefficient (Wildman–Crippen LogP) is 4.21. The molecule has 0 saturated heterocycles. The molecule has 0 aliphatic carbocycles. The molecule has 0 saturated carbocycles. The summed E-state index contributed by atoms with van der Waals surface area (Å²) in [6, 6.07) is 13.0. The number of carbonyl (C=O) groups is 3. The number of likely N-dealkylation sites (N-methyl/N-ethyl adjacent to an activating group) is 1. The fourth-order valence-electron chi connectivity index (χ4n) is 3.96. The Morgan fingerprint density at radius 3 is 2.41 bits per heavy atom. The Balaban J connectivity index is 1.68. The van der Waals surface area contributed by atoms with Gasteiger partial charge in [-0.15, -0.1) is 0 Å². The van der Waals surface area contributed by atoms with Gasteiger partial charge in [0.15, 0.2) is 0 Å². The molecule has 0 spiro atoms. The number of nitrogens with one attached hydrogen (secondary N) is 1. The van der Waals surface area contributed by atoms with Crippen LogP contribution in [-0.4, -0.2) is 43.6 Å². The number of benzene rings is 2. The highest BCUT2D eigenvalue weighted by Gasteiger charge is 2.41. The highest BCUT2D eigenvalue weighted by Crippen LogP contribution is 2.46. The van der Waals surface area contributed by atoms with Crippen molar-refractivity contribution in [1.29, 1.82) is 0 Å². The molecule has 3 amide bonds. The van der Waals surface area contributed by atoms with Gasteiger partial charge in [-0.2, -0.15) is 0 Å². The van der Waals surface area contributed by atoms with Crippen LogP contribution < -0.4 is 15.1 Å². The van der Waals surface area contributed by atoms with Gasteiger partial charge in [-0.05, 0) is 45.0 Å². The molecule has 32 heavy (non-hydrogen) atoms. The average molecular weight is 498 g/mol. The zero-order valence-corrected chi connectivity index (χ0v) is 19.9. The number of nitrogens with zero attached hydrogens (tertiary/aromatic N) is 2. The van der Waals surface area contributed by atoms with Crippen LogP contribution in [0.5, 0.6) is 0 Å². The number of ether oxygens (including phenoxy) is 1. The van der Waals surface area contributed by atoms with Gasteiger partial charge in [0.1, 0.15) is 5.60 Å². The minimum atomic E-state index is -0.603. The summed E-state index contributed by atoms with van der Waals surface area (Å²) in [5.41, 5.74) is 3.07. The molecule has 2 aromatic carbocycles. The Kier molecular flexibility index (Phi) is 5.58. The van der Waals surface area contributed by atoms with Crippen LogP contribution in [0.25, 0.3) is 11.1 Å². The molecule has 2 aromatic rings. The quantitative estimate of drug-likeness (QED) is 0.644. The molecule has 4 rings (SSSR count). The van der Waals surface area contributed by atoms with Gasteiger partial charge in [-0.1, -0.05) is 34.1 Å². The molecule has 0 bridgehead atoms. The Hall–Kier alpha value is -3.13. The van der Waals surface area contributed by atoms with Gasteiger partial charge < -0.3 is 19.9 Å². The molecule has 0 aromatic heterocycles. The van der Waals surface area contributed by atoms with Gasteiger partial charge in [-0.25, -0.2) is 4.79 Å². The number of carbonyl (C=O) groups excluding carboxylic acids is 3. The number of rotatable bonds is 3. The molecule has 0 atom stereocenters. The highest BCUT2D eigenvalue weighted by atomic mass is 79.9. The highest BCUT2D eigenvalue weighted by molar-refractivity contribution is 9.10. The van der Waals surface area contributed by atoms with E-state index >= 15 is 0 Å². The maximum atomic E-state index is 13.5. The summed E-state index contributed by atoms with van der Waals surface area (Å²) in [7, 11) is 1.70. The van der Waals surface area contributed by atoms with E-state index in [0.717, 1.165) is 15.7 Å². The van der Waals surface area contributed by atoms with E-state index < -0.39 is 11.7 Å². The predicted molar refractivity (Wildman–Crippen MR) is 127 cm³/mol. The van der Waals surface area contributed by atoms with Gasteiger partial charge in [0.25, 0.3) is 11.8 Å². The summed E-state index contributed by atoms with van der Waals surface area (Å²) in [5, 5.41) is 2.69. The Labute approximate surface area is 195 Å². The number of fused-ring (bicyclic) bond motifs is 2. The summed E-state index contributed by atoms with van der Waals surface area (Å²) in [6.45, 7) is 5.83. The standard InChI is InChI=1S/C24H24BrN3O4/c1-24(2,3)32-23(31)26-11-12-28-18-8-6-5-7-15(18)19(22(28)30)20-16-13-14(25)9-10-17(16)27(4)21(20)29/h5-10,13H,11-12H2,1-4H3,(H,26,31)/b20-19+. The second kappa shape index (κ2) is 8.09. The van der Waals surface area contributed by atoms with Gasteiger partial charge in [-0.3, -0.25) is 9.59 Å². The molecule has 8 heteroatoms. The number of para-hydroxylation sites is 1. The third-order valence-electron chi connectivity index (χ3n) is 5.28. The van der Waals surface area contributed by atoms with Gasteiger partial charge in [0, 0.05) is 35.7 Å². The van der Waals surface area contributed by atoms with Crippen LogP contribution in [0.15, 0.2) is 46.9 Å². The first-order chi connectivity index (χ1) is 15.1. The van der Waals surface area contributed by atoms with Crippen LogP contribution >= 0.6 is 15.9 Å². The summed E-state index contributed by atoms with van der Waals surface area (Å²) in [6.07, 6.45) is -0.539. The lowest BCUT2D eigenvalue weighted by Crippen LogP contribution is -2.39. The van der Waals surface area contributed by atoms with Gasteiger partial charge in [0.2, 0.25) is 0 Å².